The van der Waals surface area contributed by atoms with Crippen LogP contribution in [0.15, 0.2) is 71.6 Å². The van der Waals surface area contributed by atoms with Crippen LogP contribution >= 0.6 is 11.6 Å². The van der Waals surface area contributed by atoms with Gasteiger partial charge in [-0.1, -0.05) is 11.6 Å². The van der Waals surface area contributed by atoms with Gasteiger partial charge in [0.15, 0.2) is 0 Å². The van der Waals surface area contributed by atoms with Crippen LogP contribution in [-0.2, 0) is 19.6 Å². The summed E-state index contributed by atoms with van der Waals surface area (Å²) in [6.45, 7) is 3.44. The highest BCUT2D eigenvalue weighted by molar-refractivity contribution is 7.92. The number of hydrogen-bond acceptors (Lipinski definition) is 6. The SMILES string of the molecule is CCOC(=O)c1ccc(NC(=O)CN(c2ccc(F)cc2)S(=O)(=O)c2ccc(OCC)cc2)cc1Cl. The molecule has 0 saturated heterocycles. The topological polar surface area (TPSA) is 102 Å². The molecule has 3 aromatic rings. The maximum absolute atomic E-state index is 13.5. The van der Waals surface area contributed by atoms with Crippen molar-refractivity contribution >= 4 is 44.9 Å². The van der Waals surface area contributed by atoms with Crippen LogP contribution in [0.5, 0.6) is 5.75 Å². The number of nitrogens with one attached hydrogen (secondary N) is 1. The third-order valence-electron chi connectivity index (χ3n) is 4.87. The number of anilines is 2. The number of halogens is 2. The van der Waals surface area contributed by atoms with Crippen molar-refractivity contribution in [1.29, 1.82) is 0 Å². The Balaban J connectivity index is 1.87. The third kappa shape index (κ3) is 6.52. The summed E-state index contributed by atoms with van der Waals surface area (Å²) in [5.74, 6) is -1.36. The number of rotatable bonds is 10. The first-order valence-electron chi connectivity index (χ1n) is 10.9. The molecule has 190 valence electrons. The first-order valence-corrected chi connectivity index (χ1v) is 12.7. The van der Waals surface area contributed by atoms with Crippen molar-refractivity contribution in [1.82, 2.24) is 0 Å². The zero-order valence-corrected chi connectivity index (χ0v) is 21.1. The van der Waals surface area contributed by atoms with Gasteiger partial charge in [0, 0.05) is 5.69 Å². The van der Waals surface area contributed by atoms with E-state index < -0.39 is 34.3 Å². The van der Waals surface area contributed by atoms with Gasteiger partial charge in [0.1, 0.15) is 18.1 Å². The summed E-state index contributed by atoms with van der Waals surface area (Å²) in [5, 5.41) is 2.63. The number of benzene rings is 3. The van der Waals surface area contributed by atoms with Crippen molar-refractivity contribution < 1.29 is 31.9 Å². The molecule has 0 aliphatic rings. The second kappa shape index (κ2) is 11.9. The van der Waals surface area contributed by atoms with Crippen molar-refractivity contribution in [2.45, 2.75) is 18.7 Å². The van der Waals surface area contributed by atoms with Gasteiger partial charge in [0.25, 0.3) is 10.0 Å². The number of esters is 1. The van der Waals surface area contributed by atoms with E-state index in [1.807, 2.05) is 0 Å². The Labute approximate surface area is 213 Å². The smallest absolute Gasteiger partial charge is 0.339 e. The minimum absolute atomic E-state index is 0.0589. The van der Waals surface area contributed by atoms with Crippen molar-refractivity contribution in [2.75, 3.05) is 29.4 Å². The molecule has 0 aromatic heterocycles. The molecule has 0 saturated carbocycles. The van der Waals surface area contributed by atoms with Crippen molar-refractivity contribution in [3.05, 3.63) is 83.1 Å². The average molecular weight is 535 g/mol. The largest absolute Gasteiger partial charge is 0.494 e. The minimum atomic E-state index is -4.21. The predicted octanol–water partition coefficient (Wildman–Crippen LogP) is 4.89. The zero-order valence-electron chi connectivity index (χ0n) is 19.5. The van der Waals surface area contributed by atoms with Crippen LogP contribution in [0, 0.1) is 5.82 Å². The van der Waals surface area contributed by atoms with Crippen molar-refractivity contribution in [3.8, 4) is 5.75 Å². The lowest BCUT2D eigenvalue weighted by atomic mass is 10.2. The maximum atomic E-state index is 13.5. The van der Waals surface area contributed by atoms with Gasteiger partial charge in [-0.05, 0) is 80.6 Å². The number of nitrogens with zero attached hydrogens (tertiary/aromatic N) is 1. The molecular weight excluding hydrogens is 511 g/mol. The summed E-state index contributed by atoms with van der Waals surface area (Å²) in [6, 6.07) is 14.7. The van der Waals surface area contributed by atoms with Gasteiger partial charge in [-0.25, -0.2) is 17.6 Å². The van der Waals surface area contributed by atoms with Crippen molar-refractivity contribution in [2.24, 2.45) is 0 Å². The van der Waals surface area contributed by atoms with Gasteiger partial charge >= 0.3 is 5.97 Å². The fourth-order valence-electron chi connectivity index (χ4n) is 3.22. The molecule has 0 radical (unpaired) electrons. The maximum Gasteiger partial charge on any atom is 0.339 e. The number of sulfonamides is 1. The fraction of sp³-hybridized carbons (Fsp3) is 0.200. The van der Waals surface area contributed by atoms with Gasteiger partial charge in [0.05, 0.1) is 34.4 Å². The summed E-state index contributed by atoms with van der Waals surface area (Å²) in [4.78, 5) is 24.7. The highest BCUT2D eigenvalue weighted by atomic mass is 35.5. The van der Waals surface area contributed by atoms with Crippen LogP contribution in [0.4, 0.5) is 15.8 Å². The summed E-state index contributed by atoms with van der Waals surface area (Å²) in [5.41, 5.74) is 0.467. The Kier molecular flexibility index (Phi) is 8.89. The standard InChI is InChI=1S/C25H24ClFN2O6S/c1-3-34-20-10-12-21(13-11-20)36(32,33)29(19-8-5-17(27)6-9-19)16-24(30)28-18-7-14-22(23(26)15-18)25(31)35-4-2/h5-15H,3-4,16H2,1-2H3,(H,28,30). The second-order valence-corrected chi connectivity index (χ2v) is 9.63. The quantitative estimate of drug-likeness (QED) is 0.372. The molecule has 1 N–H and O–H groups in total. The molecule has 3 rings (SSSR count). The molecule has 0 heterocycles. The highest BCUT2D eigenvalue weighted by Crippen LogP contribution is 2.26. The van der Waals surface area contributed by atoms with Gasteiger partial charge in [-0.15, -0.1) is 0 Å². The molecule has 0 aliphatic heterocycles. The van der Waals surface area contributed by atoms with E-state index in [1.54, 1.807) is 13.8 Å². The molecule has 3 aromatic carbocycles. The molecule has 36 heavy (non-hydrogen) atoms. The Morgan fingerprint density at radius 2 is 1.64 bits per heavy atom. The number of carbonyl (C=O) groups is 2. The van der Waals surface area contributed by atoms with E-state index >= 15 is 0 Å². The van der Waals surface area contributed by atoms with E-state index in [4.69, 9.17) is 21.1 Å². The summed E-state index contributed by atoms with van der Waals surface area (Å²) >= 11 is 6.14. The fourth-order valence-corrected chi connectivity index (χ4v) is 4.90. The lowest BCUT2D eigenvalue weighted by Gasteiger charge is -2.24. The first-order chi connectivity index (χ1) is 17.1. The van der Waals surface area contributed by atoms with E-state index in [2.05, 4.69) is 5.32 Å². The number of carbonyl (C=O) groups excluding carboxylic acids is 2. The molecule has 1 amide bonds. The van der Waals surface area contributed by atoms with Gasteiger partial charge in [-0.2, -0.15) is 0 Å². The van der Waals surface area contributed by atoms with Crippen molar-refractivity contribution in [3.63, 3.8) is 0 Å². The van der Waals surface area contributed by atoms with E-state index in [9.17, 15) is 22.4 Å². The number of hydrogen-bond donors (Lipinski definition) is 1. The normalized spacial score (nSPS) is 11.0. The van der Waals surface area contributed by atoms with E-state index in [0.717, 1.165) is 16.4 Å². The predicted molar refractivity (Wildman–Crippen MR) is 135 cm³/mol. The summed E-state index contributed by atoms with van der Waals surface area (Å²) in [6.07, 6.45) is 0. The number of amides is 1. The number of ether oxygens (including phenoxy) is 2. The lowest BCUT2D eigenvalue weighted by molar-refractivity contribution is -0.114. The summed E-state index contributed by atoms with van der Waals surface area (Å²) < 4.78 is 51.5. The summed E-state index contributed by atoms with van der Waals surface area (Å²) in [7, 11) is -4.21. The molecule has 0 aliphatic carbocycles. The Morgan fingerprint density at radius 3 is 2.22 bits per heavy atom. The first kappa shape index (κ1) is 27.0. The van der Waals surface area contributed by atoms with Crippen LogP contribution < -0.4 is 14.4 Å². The van der Waals surface area contributed by atoms with E-state index in [0.29, 0.717) is 12.4 Å². The monoisotopic (exact) mass is 534 g/mol. The molecule has 0 fully saturated rings. The van der Waals surface area contributed by atoms with Gasteiger partial charge in [0.2, 0.25) is 5.91 Å². The van der Waals surface area contributed by atoms with Gasteiger partial charge < -0.3 is 14.8 Å². The average Bonchev–Trinajstić information content (AvgIpc) is 2.84. The van der Waals surface area contributed by atoms with Crippen LogP contribution in [0.25, 0.3) is 0 Å². The van der Waals surface area contributed by atoms with Gasteiger partial charge in [-0.3, -0.25) is 9.10 Å². The molecular formula is C25H24ClFN2O6S. The lowest BCUT2D eigenvalue weighted by Crippen LogP contribution is -2.38. The Morgan fingerprint density at radius 1 is 0.972 bits per heavy atom. The van der Waals surface area contributed by atoms with Crippen LogP contribution in [0.2, 0.25) is 5.02 Å². The van der Waals surface area contributed by atoms with Crippen LogP contribution in [0.1, 0.15) is 24.2 Å². The molecule has 8 nitrogen and oxygen atoms in total. The second-order valence-electron chi connectivity index (χ2n) is 7.36. The minimum Gasteiger partial charge on any atom is -0.494 e. The molecule has 0 unspecified atom stereocenters. The van der Waals surface area contributed by atoms with E-state index in [-0.39, 0.29) is 33.5 Å². The molecule has 0 bridgehead atoms. The Bertz CT molecular complexity index is 1330. The third-order valence-corrected chi connectivity index (χ3v) is 6.97. The molecule has 0 atom stereocenters. The van der Waals surface area contributed by atoms with E-state index in [1.165, 1.54) is 54.6 Å². The van der Waals surface area contributed by atoms with Crippen LogP contribution in [-0.4, -0.2) is 40.1 Å². The highest BCUT2D eigenvalue weighted by Gasteiger charge is 2.27. The Hall–Kier alpha value is -3.63. The molecule has 0 spiro atoms. The van der Waals surface area contributed by atoms with Crippen LogP contribution in [0.3, 0.4) is 0 Å². The molecule has 11 heteroatoms. The zero-order chi connectivity index (χ0) is 26.3.